The van der Waals surface area contributed by atoms with E-state index < -0.39 is 6.09 Å². The molecule has 6 heterocycles. The van der Waals surface area contributed by atoms with Gasteiger partial charge in [-0.3, -0.25) is 10.1 Å². The van der Waals surface area contributed by atoms with Gasteiger partial charge in [-0.1, -0.05) is 94.4 Å². The Morgan fingerprint density at radius 1 is 0.630 bits per heavy atom. The molecule has 13 nitrogen and oxygen atoms in total. The van der Waals surface area contributed by atoms with Crippen LogP contribution in [0.15, 0.2) is 103 Å². The largest absolute Gasteiger partial charge is 0.463 e. The summed E-state index contributed by atoms with van der Waals surface area (Å²) in [5.41, 5.74) is 27.4. The number of aryl methyl sites for hydroxylation is 4. The van der Waals surface area contributed by atoms with Gasteiger partial charge in [0.05, 0.1) is 46.1 Å². The molecule has 0 unspecified atom stereocenters. The van der Waals surface area contributed by atoms with Gasteiger partial charge in [0.1, 0.15) is 12.4 Å². The first kappa shape index (κ1) is 49.7. The predicted octanol–water partition coefficient (Wildman–Crippen LogP) is 14.0. The molecule has 2 aliphatic rings. The Labute approximate surface area is 426 Å². The zero-order chi connectivity index (χ0) is 51.3. The van der Waals surface area contributed by atoms with E-state index in [9.17, 15) is 9.59 Å². The Hall–Kier alpha value is -8.32. The number of hydrogen-bond donors (Lipinski definition) is 5. The second-order valence-electron chi connectivity index (χ2n) is 18.4. The molecule has 4 aromatic heterocycles. The second kappa shape index (κ2) is 21.6. The van der Waals surface area contributed by atoms with Crippen molar-refractivity contribution in [2.75, 3.05) is 23.0 Å². The zero-order valence-corrected chi connectivity index (χ0v) is 43.0. The molecule has 0 saturated carbocycles. The van der Waals surface area contributed by atoms with Crippen LogP contribution in [0.25, 0.3) is 66.6 Å². The number of aromatic nitrogens is 6. The Bertz CT molecular complexity index is 3390. The van der Waals surface area contributed by atoms with Crippen LogP contribution in [-0.2, 0) is 29.0 Å². The Balaban J connectivity index is 1.26. The molecule has 0 fully saturated rings. The van der Waals surface area contributed by atoms with Crippen LogP contribution in [0.5, 0.6) is 6.01 Å². The fraction of sp³-hybridized carbons (Fsp3) is 0.267. The number of nitrogen functional groups attached to an aromatic ring is 1. The van der Waals surface area contributed by atoms with Gasteiger partial charge in [0.25, 0.3) is 0 Å². The van der Waals surface area contributed by atoms with Crippen LogP contribution < -0.4 is 21.1 Å². The Kier molecular flexibility index (Phi) is 14.7. The normalized spacial score (nSPS) is 12.3. The molecule has 9 rings (SSSR count). The number of anilines is 3. The maximum atomic E-state index is 13.8. The van der Waals surface area contributed by atoms with Crippen LogP contribution in [0.3, 0.4) is 0 Å². The van der Waals surface area contributed by atoms with Crippen molar-refractivity contribution in [1.82, 2.24) is 29.9 Å². The van der Waals surface area contributed by atoms with Gasteiger partial charge in [0.2, 0.25) is 5.91 Å². The quantitative estimate of drug-likeness (QED) is 0.0624. The molecule has 8 bridgehead atoms. The van der Waals surface area contributed by atoms with Crippen molar-refractivity contribution < 1.29 is 19.1 Å². The summed E-state index contributed by atoms with van der Waals surface area (Å²) in [5.74, 6) is 0.160. The topological polar surface area (TPSA) is 186 Å². The van der Waals surface area contributed by atoms with Crippen LogP contribution in [-0.4, -0.2) is 48.5 Å². The average molecular weight is 974 g/mol. The SMILES string of the molecule is CCC1=C(C)c2nc1cc1[nH]c(c(C)c1CC)c(-c1ccccc1NC(=O)OCc1ccccc1)c1[nH]c(cc3nc(c2-c2ccccc2NC(=O)CCCOc2nccc(N)n2)C(C)=C3CC)c(CC)c1C. The molecule has 0 saturated heterocycles. The Morgan fingerprint density at radius 2 is 1.16 bits per heavy atom. The highest BCUT2D eigenvalue weighted by atomic mass is 16.5. The zero-order valence-electron chi connectivity index (χ0n) is 43.0. The van der Waals surface area contributed by atoms with E-state index in [1.807, 2.05) is 66.7 Å². The minimum Gasteiger partial charge on any atom is -0.463 e. The third-order valence-electron chi connectivity index (χ3n) is 14.0. The lowest BCUT2D eigenvalue weighted by Gasteiger charge is -2.15. The van der Waals surface area contributed by atoms with Gasteiger partial charge in [-0.25, -0.2) is 19.7 Å². The molecule has 73 heavy (non-hydrogen) atoms. The fourth-order valence-electron chi connectivity index (χ4n) is 10.4. The van der Waals surface area contributed by atoms with Gasteiger partial charge in [0, 0.05) is 51.6 Å². The van der Waals surface area contributed by atoms with Crippen molar-refractivity contribution in [3.05, 3.63) is 154 Å². The lowest BCUT2D eigenvalue weighted by molar-refractivity contribution is -0.116. The van der Waals surface area contributed by atoms with E-state index in [-0.39, 0.29) is 31.6 Å². The number of rotatable bonds is 15. The van der Waals surface area contributed by atoms with Crippen molar-refractivity contribution in [3.8, 4) is 28.3 Å². The van der Waals surface area contributed by atoms with Gasteiger partial charge in [-0.15, -0.1) is 0 Å². The number of carbonyl (C=O) groups excluding carboxylic acids is 2. The molecular weight excluding hydrogens is 911 g/mol. The summed E-state index contributed by atoms with van der Waals surface area (Å²) < 4.78 is 11.5. The number of ether oxygens (including phenoxy) is 2. The first-order valence-corrected chi connectivity index (χ1v) is 25.3. The molecule has 372 valence electrons. The van der Waals surface area contributed by atoms with E-state index in [4.69, 9.17) is 25.2 Å². The first-order valence-electron chi connectivity index (χ1n) is 25.3. The fourth-order valence-corrected chi connectivity index (χ4v) is 10.4. The number of nitrogens with zero attached hydrogens (tertiary/aromatic N) is 4. The van der Waals surface area contributed by atoms with E-state index in [1.165, 1.54) is 0 Å². The van der Waals surface area contributed by atoms with Gasteiger partial charge in [0.15, 0.2) is 0 Å². The number of benzene rings is 3. The van der Waals surface area contributed by atoms with Crippen LogP contribution in [0.2, 0.25) is 0 Å². The lowest BCUT2D eigenvalue weighted by atomic mass is 9.92. The van der Waals surface area contributed by atoms with E-state index in [0.717, 1.165) is 143 Å². The van der Waals surface area contributed by atoms with Crippen LogP contribution >= 0.6 is 0 Å². The number of nitrogens with one attached hydrogen (secondary N) is 4. The van der Waals surface area contributed by atoms with Crippen molar-refractivity contribution in [1.29, 1.82) is 0 Å². The summed E-state index contributed by atoms with van der Waals surface area (Å²) >= 11 is 0. The summed E-state index contributed by atoms with van der Waals surface area (Å²) in [6, 6.07) is 31.7. The first-order chi connectivity index (χ1) is 35.4. The van der Waals surface area contributed by atoms with E-state index in [1.54, 1.807) is 12.3 Å². The van der Waals surface area contributed by atoms with Crippen molar-refractivity contribution >= 4 is 73.6 Å². The highest BCUT2D eigenvalue weighted by Gasteiger charge is 2.28. The minimum atomic E-state index is -0.544. The van der Waals surface area contributed by atoms with Gasteiger partial charge in [-0.2, -0.15) is 4.98 Å². The summed E-state index contributed by atoms with van der Waals surface area (Å²) in [6.45, 7) is 17.7. The second-order valence-corrected chi connectivity index (χ2v) is 18.4. The minimum absolute atomic E-state index is 0.143. The third kappa shape index (κ3) is 10.00. The molecule has 3 aromatic carbocycles. The number of allylic oxidation sites excluding steroid dienone is 4. The maximum absolute atomic E-state index is 13.8. The molecular formula is C60H63N9O4. The lowest BCUT2D eigenvalue weighted by Crippen LogP contribution is -2.14. The molecule has 0 spiro atoms. The molecule has 0 aliphatic carbocycles. The summed E-state index contributed by atoms with van der Waals surface area (Å²) in [5, 5.41) is 6.35. The number of hydrogen-bond acceptors (Lipinski definition) is 9. The van der Waals surface area contributed by atoms with E-state index >= 15 is 0 Å². The smallest absolute Gasteiger partial charge is 0.411 e. The molecule has 7 aromatic rings. The molecule has 2 aliphatic heterocycles. The third-order valence-corrected chi connectivity index (χ3v) is 14.0. The van der Waals surface area contributed by atoms with E-state index in [2.05, 4.69) is 110 Å². The standard InChI is InChI=1S/C60H63N9O4/c1-9-39-34(5)55-53(43-23-16-18-25-45(43)63-52(70)27-20-30-72-59-62-29-28-51(61)69-59)56-35(6)40(10-2)48(65-56)32-50-42(12-4)37(8)58(67-50)54(57-36(7)41(11-3)49(66-57)31-47(39)64-55)44-24-17-19-26-46(44)68-60(71)73-33-38-21-14-13-15-22-38/h13-19,21-26,28-29,31-32,66-67H,9-12,20,27,30,33H2,1-8H3,(H,63,70)(H,68,71)(H2,61,62,69). The number of para-hydroxylation sites is 2. The van der Waals surface area contributed by atoms with Crippen LogP contribution in [0.1, 0.15) is 118 Å². The highest BCUT2D eigenvalue weighted by molar-refractivity contribution is 6.07. The summed E-state index contributed by atoms with van der Waals surface area (Å²) in [4.78, 5) is 54.6. The summed E-state index contributed by atoms with van der Waals surface area (Å²) in [7, 11) is 0. The summed E-state index contributed by atoms with van der Waals surface area (Å²) in [6.07, 6.45) is 4.64. The maximum Gasteiger partial charge on any atom is 0.411 e. The molecule has 2 amide bonds. The number of amides is 2. The number of fused-ring (bicyclic) bond motifs is 8. The van der Waals surface area contributed by atoms with E-state index in [0.29, 0.717) is 23.6 Å². The molecule has 13 heteroatoms. The van der Waals surface area contributed by atoms with Crippen LogP contribution in [0, 0.1) is 13.8 Å². The number of aromatic amines is 2. The molecule has 6 N–H and O–H groups in total. The molecule has 0 radical (unpaired) electrons. The monoisotopic (exact) mass is 974 g/mol. The number of carbonyl (C=O) groups is 2. The Morgan fingerprint density at radius 3 is 1.71 bits per heavy atom. The van der Waals surface area contributed by atoms with Gasteiger partial charge >= 0.3 is 12.1 Å². The number of nitrogens with two attached hydrogens (primary N) is 1. The van der Waals surface area contributed by atoms with Crippen molar-refractivity contribution in [2.45, 2.75) is 101 Å². The highest BCUT2D eigenvalue weighted by Crippen LogP contribution is 2.46. The predicted molar refractivity (Wildman–Crippen MR) is 296 cm³/mol. The van der Waals surface area contributed by atoms with Crippen molar-refractivity contribution in [3.63, 3.8) is 0 Å². The van der Waals surface area contributed by atoms with Crippen LogP contribution in [0.4, 0.5) is 22.0 Å². The van der Waals surface area contributed by atoms with Gasteiger partial charge < -0.3 is 30.5 Å². The number of H-pyrrole nitrogens is 2. The average Bonchev–Trinajstić information content (AvgIpc) is 4.08. The molecule has 0 atom stereocenters. The van der Waals surface area contributed by atoms with Gasteiger partial charge in [-0.05, 0) is 140 Å². The van der Waals surface area contributed by atoms with Crippen molar-refractivity contribution in [2.24, 2.45) is 0 Å².